The van der Waals surface area contributed by atoms with Crippen LogP contribution in [0.1, 0.15) is 21.5 Å². The van der Waals surface area contributed by atoms with Crippen LogP contribution in [0, 0.1) is 11.3 Å². The highest BCUT2D eigenvalue weighted by atomic mass is 35.5. The van der Waals surface area contributed by atoms with Crippen LogP contribution in [0.5, 0.6) is 0 Å². The fraction of sp³-hybridized carbons (Fsp3) is 0.111. The van der Waals surface area contributed by atoms with Crippen LogP contribution in [-0.2, 0) is 6.54 Å². The van der Waals surface area contributed by atoms with Crippen molar-refractivity contribution in [2.45, 2.75) is 6.54 Å². The Morgan fingerprint density at radius 2 is 2.29 bits per heavy atom. The molecule has 0 unspecified atom stereocenters. The van der Waals surface area contributed by atoms with E-state index in [0.29, 0.717) is 5.56 Å². The number of rotatable bonds is 2. The van der Waals surface area contributed by atoms with E-state index >= 15 is 0 Å². The van der Waals surface area contributed by atoms with E-state index in [9.17, 15) is 4.79 Å². The number of halogens is 1. The van der Waals surface area contributed by atoms with Gasteiger partial charge in [0.25, 0.3) is 0 Å². The Morgan fingerprint density at radius 1 is 1.64 bits per heavy atom. The molecule has 72 valence electrons. The fourth-order valence-corrected chi connectivity index (χ4v) is 1.39. The van der Waals surface area contributed by atoms with Gasteiger partial charge in [-0.3, -0.25) is 0 Å². The third-order valence-corrected chi connectivity index (χ3v) is 2.15. The van der Waals surface area contributed by atoms with Gasteiger partial charge in [-0.15, -0.1) is 0 Å². The van der Waals surface area contributed by atoms with Gasteiger partial charge >= 0.3 is 5.97 Å². The summed E-state index contributed by atoms with van der Waals surface area (Å²) >= 11 is 5.75. The number of carboxylic acids is 1. The Balaban J connectivity index is 3.54. The average Bonchev–Trinajstić information content (AvgIpc) is 2.17. The summed E-state index contributed by atoms with van der Waals surface area (Å²) < 4.78 is 0. The topological polar surface area (TPSA) is 87.1 Å². The van der Waals surface area contributed by atoms with Gasteiger partial charge in [-0.05, 0) is 12.1 Å². The van der Waals surface area contributed by atoms with Crippen molar-refractivity contribution < 1.29 is 9.90 Å². The molecule has 0 heterocycles. The van der Waals surface area contributed by atoms with E-state index in [1.54, 1.807) is 6.07 Å². The zero-order valence-electron chi connectivity index (χ0n) is 7.12. The zero-order chi connectivity index (χ0) is 10.7. The Bertz CT molecular complexity index is 424. The predicted octanol–water partition coefficient (Wildman–Crippen LogP) is 1.37. The molecule has 4 nitrogen and oxygen atoms in total. The van der Waals surface area contributed by atoms with Crippen molar-refractivity contribution in [3.8, 4) is 6.07 Å². The zero-order valence-corrected chi connectivity index (χ0v) is 7.88. The van der Waals surface area contributed by atoms with Crippen LogP contribution in [0.4, 0.5) is 0 Å². The van der Waals surface area contributed by atoms with E-state index in [1.807, 2.05) is 0 Å². The van der Waals surface area contributed by atoms with E-state index in [4.69, 9.17) is 27.7 Å². The molecule has 1 aromatic carbocycles. The lowest BCUT2D eigenvalue weighted by molar-refractivity contribution is 0.0695. The predicted molar refractivity (Wildman–Crippen MR) is 51.0 cm³/mol. The minimum atomic E-state index is -1.19. The molecule has 14 heavy (non-hydrogen) atoms. The Labute approximate surface area is 85.5 Å². The molecule has 0 aromatic heterocycles. The standard InChI is InChI=1S/C9H7ClN2O2/c10-7-2-1-5(3-11)8(9(13)14)6(7)4-12/h1-2H,4,12H2,(H,13,14). The van der Waals surface area contributed by atoms with Crippen molar-refractivity contribution in [3.05, 3.63) is 33.8 Å². The second-order valence-corrected chi connectivity index (χ2v) is 2.98. The van der Waals surface area contributed by atoms with Gasteiger partial charge < -0.3 is 10.8 Å². The summed E-state index contributed by atoms with van der Waals surface area (Å²) in [6.45, 7) is -0.00398. The van der Waals surface area contributed by atoms with Gasteiger partial charge in [0.2, 0.25) is 0 Å². The van der Waals surface area contributed by atoms with Gasteiger partial charge in [0.15, 0.2) is 0 Å². The highest BCUT2D eigenvalue weighted by Crippen LogP contribution is 2.22. The molecule has 3 N–H and O–H groups in total. The Kier molecular flexibility index (Phi) is 3.07. The molecule has 1 aromatic rings. The van der Waals surface area contributed by atoms with Gasteiger partial charge in [0, 0.05) is 17.1 Å². The van der Waals surface area contributed by atoms with Crippen LogP contribution < -0.4 is 5.73 Å². The third kappa shape index (κ3) is 1.69. The third-order valence-electron chi connectivity index (χ3n) is 1.79. The summed E-state index contributed by atoms with van der Waals surface area (Å²) in [5.41, 5.74) is 5.61. The normalized spacial score (nSPS) is 9.50. The van der Waals surface area contributed by atoms with E-state index in [0.717, 1.165) is 0 Å². The molecule has 1 rings (SSSR count). The van der Waals surface area contributed by atoms with Gasteiger partial charge in [-0.25, -0.2) is 4.79 Å². The molecule has 0 fully saturated rings. The minimum absolute atomic E-state index is 0.00398. The molecule has 5 heteroatoms. The molecular weight excluding hydrogens is 204 g/mol. The first-order valence-corrected chi connectivity index (χ1v) is 4.14. The van der Waals surface area contributed by atoms with Crippen molar-refractivity contribution in [3.63, 3.8) is 0 Å². The number of aromatic carboxylic acids is 1. The first kappa shape index (κ1) is 10.5. The number of carbonyl (C=O) groups is 1. The quantitative estimate of drug-likeness (QED) is 0.772. The SMILES string of the molecule is N#Cc1ccc(Cl)c(CN)c1C(=O)O. The van der Waals surface area contributed by atoms with Gasteiger partial charge in [-0.2, -0.15) is 5.26 Å². The maximum Gasteiger partial charge on any atom is 0.337 e. The number of nitrogens with two attached hydrogens (primary N) is 1. The molecule has 0 bridgehead atoms. The summed E-state index contributed by atoms with van der Waals surface area (Å²) in [5, 5.41) is 17.8. The number of benzene rings is 1. The molecule has 0 saturated heterocycles. The molecule has 0 spiro atoms. The van der Waals surface area contributed by atoms with Crippen LogP contribution in [0.2, 0.25) is 5.02 Å². The first-order valence-electron chi connectivity index (χ1n) is 3.76. The van der Waals surface area contributed by atoms with Crippen LogP contribution in [-0.4, -0.2) is 11.1 Å². The number of nitriles is 1. The second-order valence-electron chi connectivity index (χ2n) is 2.57. The number of nitrogens with zero attached hydrogens (tertiary/aromatic N) is 1. The monoisotopic (exact) mass is 210 g/mol. The van der Waals surface area contributed by atoms with E-state index in [1.165, 1.54) is 12.1 Å². The van der Waals surface area contributed by atoms with Gasteiger partial charge in [-0.1, -0.05) is 11.6 Å². The summed E-state index contributed by atoms with van der Waals surface area (Å²) in [6.07, 6.45) is 0. The lowest BCUT2D eigenvalue weighted by atomic mass is 10.0. The van der Waals surface area contributed by atoms with Crippen molar-refractivity contribution in [1.29, 1.82) is 5.26 Å². The van der Waals surface area contributed by atoms with E-state index < -0.39 is 5.97 Å². The summed E-state index contributed by atoms with van der Waals surface area (Å²) in [4.78, 5) is 10.8. The second kappa shape index (κ2) is 4.09. The van der Waals surface area contributed by atoms with Gasteiger partial charge in [0.1, 0.15) is 6.07 Å². The minimum Gasteiger partial charge on any atom is -0.478 e. The highest BCUT2D eigenvalue weighted by Gasteiger charge is 2.17. The maximum atomic E-state index is 10.8. The van der Waals surface area contributed by atoms with Crippen LogP contribution in [0.15, 0.2) is 12.1 Å². The lowest BCUT2D eigenvalue weighted by Crippen LogP contribution is -2.10. The van der Waals surface area contributed by atoms with Crippen molar-refractivity contribution >= 4 is 17.6 Å². The summed E-state index contributed by atoms with van der Waals surface area (Å²) in [7, 11) is 0. The maximum absolute atomic E-state index is 10.8. The smallest absolute Gasteiger partial charge is 0.337 e. The molecule has 0 aliphatic rings. The first-order chi connectivity index (χ1) is 6.61. The number of hydrogen-bond acceptors (Lipinski definition) is 3. The Morgan fingerprint density at radius 3 is 2.71 bits per heavy atom. The molecule has 0 saturated carbocycles. The van der Waals surface area contributed by atoms with Gasteiger partial charge in [0.05, 0.1) is 11.1 Å². The number of carboxylic acid groups (broad SMARTS) is 1. The lowest BCUT2D eigenvalue weighted by Gasteiger charge is -2.06. The molecule has 0 radical (unpaired) electrons. The van der Waals surface area contributed by atoms with Crippen LogP contribution in [0.3, 0.4) is 0 Å². The molecule has 0 aliphatic carbocycles. The molecular formula is C9H7ClN2O2. The van der Waals surface area contributed by atoms with Crippen molar-refractivity contribution in [2.75, 3.05) is 0 Å². The Hall–Kier alpha value is -1.57. The molecule has 0 amide bonds. The molecule has 0 atom stereocenters. The summed E-state index contributed by atoms with van der Waals surface area (Å²) in [6, 6.07) is 4.62. The fourth-order valence-electron chi connectivity index (χ4n) is 1.16. The van der Waals surface area contributed by atoms with Crippen molar-refractivity contribution in [2.24, 2.45) is 5.73 Å². The van der Waals surface area contributed by atoms with Crippen LogP contribution in [0.25, 0.3) is 0 Å². The van der Waals surface area contributed by atoms with Crippen LogP contribution >= 0.6 is 11.6 Å². The van der Waals surface area contributed by atoms with E-state index in [-0.39, 0.29) is 22.7 Å². The number of hydrogen-bond donors (Lipinski definition) is 2. The van der Waals surface area contributed by atoms with Crippen molar-refractivity contribution in [1.82, 2.24) is 0 Å². The largest absolute Gasteiger partial charge is 0.478 e. The van der Waals surface area contributed by atoms with E-state index in [2.05, 4.69) is 0 Å². The average molecular weight is 211 g/mol. The molecule has 0 aliphatic heterocycles. The highest BCUT2D eigenvalue weighted by molar-refractivity contribution is 6.31. The summed E-state index contributed by atoms with van der Waals surface area (Å²) in [5.74, 6) is -1.19.